The van der Waals surface area contributed by atoms with E-state index in [0.717, 1.165) is 0 Å². The van der Waals surface area contributed by atoms with Gasteiger partial charge in [-0.2, -0.15) is 0 Å². The number of allylic oxidation sites excluding steroid dienone is 1. The molecule has 1 nitrogen and oxygen atoms in total. The van der Waals surface area contributed by atoms with Crippen LogP contribution in [-0.2, 0) is 0 Å². The Hall–Kier alpha value is -1.50. The Kier molecular flexibility index (Phi) is 3.81. The number of fused-ring (bicyclic) bond motifs is 1. The minimum atomic E-state index is 1.19. The number of nitrogens with one attached hydrogen (secondary N) is 1. The first-order valence-electron chi connectivity index (χ1n) is 6.14. The predicted octanol–water partition coefficient (Wildman–Crippen LogP) is 4.76. The van der Waals surface area contributed by atoms with Gasteiger partial charge in [0.15, 0.2) is 0 Å². The van der Waals surface area contributed by atoms with E-state index in [1.807, 2.05) is 6.20 Å². The Morgan fingerprint density at radius 1 is 1.19 bits per heavy atom. The van der Waals surface area contributed by atoms with Gasteiger partial charge in [-0.3, -0.25) is 0 Å². The summed E-state index contributed by atoms with van der Waals surface area (Å²) in [5.41, 5.74) is 2.51. The Morgan fingerprint density at radius 2 is 2.12 bits per heavy atom. The fourth-order valence-electron chi connectivity index (χ4n) is 1.91. The molecule has 0 aliphatic carbocycles. The van der Waals surface area contributed by atoms with Gasteiger partial charge in [0, 0.05) is 11.7 Å². The average Bonchev–Trinajstić information content (AvgIpc) is 2.76. The zero-order valence-electron chi connectivity index (χ0n) is 9.87. The van der Waals surface area contributed by atoms with E-state index in [1.54, 1.807) is 0 Å². The molecule has 1 heterocycles. The summed E-state index contributed by atoms with van der Waals surface area (Å²) >= 11 is 0. The maximum absolute atomic E-state index is 3.21. The third-order valence-electron chi connectivity index (χ3n) is 2.86. The van der Waals surface area contributed by atoms with Crippen LogP contribution < -0.4 is 0 Å². The van der Waals surface area contributed by atoms with E-state index in [9.17, 15) is 0 Å². The number of benzene rings is 1. The lowest BCUT2D eigenvalue weighted by atomic mass is 10.1. The van der Waals surface area contributed by atoms with Gasteiger partial charge in [-0.1, -0.05) is 38.0 Å². The highest BCUT2D eigenvalue weighted by Crippen LogP contribution is 2.15. The largest absolute Gasteiger partial charge is 0.361 e. The standard InChI is InChI=1S/C15H19N/c1-2-3-4-5-6-7-13-8-9-15-14(12-13)10-11-16-15/h6-12,16H,2-5H2,1H3. The fraction of sp³-hybridized carbons (Fsp3) is 0.333. The molecule has 0 spiro atoms. The summed E-state index contributed by atoms with van der Waals surface area (Å²) in [4.78, 5) is 3.21. The normalized spacial score (nSPS) is 11.6. The first-order valence-corrected chi connectivity index (χ1v) is 6.14. The van der Waals surface area contributed by atoms with Gasteiger partial charge in [0.1, 0.15) is 0 Å². The second-order valence-electron chi connectivity index (χ2n) is 4.22. The molecule has 0 saturated carbocycles. The van der Waals surface area contributed by atoms with Crippen LogP contribution in [-0.4, -0.2) is 4.98 Å². The van der Waals surface area contributed by atoms with Crippen molar-refractivity contribution in [1.82, 2.24) is 4.98 Å². The van der Waals surface area contributed by atoms with E-state index in [4.69, 9.17) is 0 Å². The van der Waals surface area contributed by atoms with Gasteiger partial charge in [-0.25, -0.2) is 0 Å². The zero-order chi connectivity index (χ0) is 11.2. The molecule has 16 heavy (non-hydrogen) atoms. The number of H-pyrrole nitrogens is 1. The van der Waals surface area contributed by atoms with E-state index < -0.39 is 0 Å². The van der Waals surface area contributed by atoms with E-state index in [1.165, 1.54) is 42.1 Å². The lowest BCUT2D eigenvalue weighted by Crippen LogP contribution is -1.74. The molecule has 0 aliphatic heterocycles. The maximum atomic E-state index is 3.21. The lowest BCUT2D eigenvalue weighted by Gasteiger charge is -1.95. The van der Waals surface area contributed by atoms with Crippen LogP contribution in [0.1, 0.15) is 38.2 Å². The van der Waals surface area contributed by atoms with Crippen molar-refractivity contribution in [1.29, 1.82) is 0 Å². The summed E-state index contributed by atoms with van der Waals surface area (Å²) in [5, 5.41) is 1.29. The van der Waals surface area contributed by atoms with E-state index in [2.05, 4.69) is 48.3 Å². The predicted molar refractivity (Wildman–Crippen MR) is 71.5 cm³/mol. The summed E-state index contributed by atoms with van der Waals surface area (Å²) in [6.07, 6.45) is 11.6. The summed E-state index contributed by atoms with van der Waals surface area (Å²) in [7, 11) is 0. The number of hydrogen-bond donors (Lipinski definition) is 1. The Morgan fingerprint density at radius 3 is 3.00 bits per heavy atom. The molecule has 0 atom stereocenters. The van der Waals surface area contributed by atoms with Gasteiger partial charge in [-0.15, -0.1) is 0 Å². The van der Waals surface area contributed by atoms with E-state index in [-0.39, 0.29) is 0 Å². The number of hydrogen-bond acceptors (Lipinski definition) is 0. The molecule has 0 aliphatic rings. The van der Waals surface area contributed by atoms with Crippen molar-refractivity contribution in [2.45, 2.75) is 32.6 Å². The Bertz CT molecular complexity index is 465. The van der Waals surface area contributed by atoms with Gasteiger partial charge < -0.3 is 4.98 Å². The highest BCUT2D eigenvalue weighted by atomic mass is 14.7. The molecule has 84 valence electrons. The SMILES string of the molecule is CCCCCC=Cc1ccc2[nH]ccc2c1. The quantitative estimate of drug-likeness (QED) is 0.689. The van der Waals surface area contributed by atoms with Crippen molar-refractivity contribution in [2.75, 3.05) is 0 Å². The topological polar surface area (TPSA) is 15.8 Å². The lowest BCUT2D eigenvalue weighted by molar-refractivity contribution is 0.730. The third-order valence-corrected chi connectivity index (χ3v) is 2.86. The summed E-state index contributed by atoms with van der Waals surface area (Å²) in [6.45, 7) is 2.24. The van der Waals surface area contributed by atoms with Gasteiger partial charge in [-0.05, 0) is 42.0 Å². The van der Waals surface area contributed by atoms with Crippen LogP contribution in [0.2, 0.25) is 0 Å². The third kappa shape index (κ3) is 2.75. The van der Waals surface area contributed by atoms with Gasteiger partial charge >= 0.3 is 0 Å². The van der Waals surface area contributed by atoms with Gasteiger partial charge in [0.25, 0.3) is 0 Å². The molecule has 1 aromatic carbocycles. The molecule has 2 aromatic rings. The van der Waals surface area contributed by atoms with Crippen LogP contribution >= 0.6 is 0 Å². The minimum absolute atomic E-state index is 1.19. The molecule has 2 rings (SSSR count). The molecule has 0 amide bonds. The summed E-state index contributed by atoms with van der Waals surface area (Å²) in [5.74, 6) is 0. The number of unbranched alkanes of at least 4 members (excludes halogenated alkanes) is 3. The molecule has 0 radical (unpaired) electrons. The highest BCUT2D eigenvalue weighted by molar-refractivity contribution is 5.81. The van der Waals surface area contributed by atoms with Crippen molar-refractivity contribution in [2.24, 2.45) is 0 Å². The van der Waals surface area contributed by atoms with Crippen molar-refractivity contribution in [3.05, 3.63) is 42.1 Å². The first kappa shape index (κ1) is 11.0. The van der Waals surface area contributed by atoms with Crippen LogP contribution in [0.3, 0.4) is 0 Å². The molecule has 0 fully saturated rings. The van der Waals surface area contributed by atoms with Crippen molar-refractivity contribution >= 4 is 17.0 Å². The second kappa shape index (κ2) is 5.55. The van der Waals surface area contributed by atoms with Crippen LogP contribution in [0.5, 0.6) is 0 Å². The number of aromatic amines is 1. The van der Waals surface area contributed by atoms with Crippen LogP contribution in [0, 0.1) is 0 Å². The van der Waals surface area contributed by atoms with Crippen LogP contribution in [0.15, 0.2) is 36.5 Å². The first-order chi connectivity index (χ1) is 7.90. The maximum Gasteiger partial charge on any atom is 0.0454 e. The average molecular weight is 213 g/mol. The zero-order valence-corrected chi connectivity index (χ0v) is 9.87. The fourth-order valence-corrected chi connectivity index (χ4v) is 1.91. The number of rotatable bonds is 5. The molecular weight excluding hydrogens is 194 g/mol. The molecule has 0 saturated heterocycles. The highest BCUT2D eigenvalue weighted by Gasteiger charge is 1.93. The molecule has 1 N–H and O–H groups in total. The molecule has 0 bridgehead atoms. The van der Waals surface area contributed by atoms with Crippen LogP contribution in [0.25, 0.3) is 17.0 Å². The van der Waals surface area contributed by atoms with Gasteiger partial charge in [0.05, 0.1) is 0 Å². The molecular formula is C15H19N. The summed E-state index contributed by atoms with van der Waals surface area (Å²) < 4.78 is 0. The molecule has 0 unspecified atom stereocenters. The van der Waals surface area contributed by atoms with Crippen molar-refractivity contribution < 1.29 is 0 Å². The van der Waals surface area contributed by atoms with Crippen LogP contribution in [0.4, 0.5) is 0 Å². The second-order valence-corrected chi connectivity index (χ2v) is 4.22. The van der Waals surface area contributed by atoms with E-state index in [0.29, 0.717) is 0 Å². The Labute approximate surface area is 97.2 Å². The minimum Gasteiger partial charge on any atom is -0.361 e. The van der Waals surface area contributed by atoms with E-state index >= 15 is 0 Å². The molecule has 1 heteroatoms. The van der Waals surface area contributed by atoms with Crippen molar-refractivity contribution in [3.63, 3.8) is 0 Å². The Balaban J connectivity index is 1.98. The summed E-state index contributed by atoms with van der Waals surface area (Å²) in [6, 6.07) is 8.64. The number of aromatic nitrogens is 1. The van der Waals surface area contributed by atoms with Crippen molar-refractivity contribution in [3.8, 4) is 0 Å². The smallest absolute Gasteiger partial charge is 0.0454 e. The monoisotopic (exact) mass is 213 g/mol. The molecule has 1 aromatic heterocycles. The van der Waals surface area contributed by atoms with Gasteiger partial charge in [0.2, 0.25) is 0 Å².